The maximum absolute atomic E-state index is 12.7. The number of nitrogens with one attached hydrogen (secondary N) is 1. The summed E-state index contributed by atoms with van der Waals surface area (Å²) in [7, 11) is 1.42. The lowest BCUT2D eigenvalue weighted by Crippen LogP contribution is -2.53. The van der Waals surface area contributed by atoms with Crippen LogP contribution in [0, 0.1) is 0 Å². The van der Waals surface area contributed by atoms with Gasteiger partial charge >= 0.3 is 6.18 Å². The highest BCUT2D eigenvalue weighted by Gasteiger charge is 2.60. The van der Waals surface area contributed by atoms with E-state index in [1.54, 1.807) is 17.4 Å². The number of ether oxygens (including phenoxy) is 1. The fourth-order valence-corrected chi connectivity index (χ4v) is 2.04. The van der Waals surface area contributed by atoms with E-state index in [0.29, 0.717) is 11.3 Å². The summed E-state index contributed by atoms with van der Waals surface area (Å²) in [5.74, 6) is -1.47. The molecule has 19 heavy (non-hydrogen) atoms. The minimum Gasteiger partial charge on any atom is -0.497 e. The normalized spacial score (nSPS) is 27.2. The van der Waals surface area contributed by atoms with Gasteiger partial charge < -0.3 is 15.2 Å². The number of aliphatic hydroxyl groups is 1. The van der Waals surface area contributed by atoms with Gasteiger partial charge in [0.25, 0.3) is 0 Å². The van der Waals surface area contributed by atoms with Crippen LogP contribution >= 0.6 is 0 Å². The molecule has 1 heterocycles. The summed E-state index contributed by atoms with van der Waals surface area (Å²) in [6.07, 6.45) is -5.65. The largest absolute Gasteiger partial charge is 0.497 e. The maximum atomic E-state index is 12.7. The monoisotopic (exact) mass is 275 g/mol. The van der Waals surface area contributed by atoms with E-state index in [1.807, 2.05) is 0 Å². The second kappa shape index (κ2) is 4.41. The molecular formula is C12H12F3NO3. The van der Waals surface area contributed by atoms with Gasteiger partial charge in [0.2, 0.25) is 11.6 Å². The van der Waals surface area contributed by atoms with Gasteiger partial charge in [0.1, 0.15) is 5.75 Å². The molecule has 0 aliphatic carbocycles. The molecule has 1 aliphatic heterocycles. The summed E-state index contributed by atoms with van der Waals surface area (Å²) in [6, 6.07) is 6.19. The topological polar surface area (TPSA) is 58.6 Å². The van der Waals surface area contributed by atoms with Crippen molar-refractivity contribution in [3.63, 3.8) is 0 Å². The first kappa shape index (κ1) is 13.7. The van der Waals surface area contributed by atoms with Crippen molar-refractivity contribution in [2.75, 3.05) is 7.11 Å². The molecular weight excluding hydrogens is 263 g/mol. The molecule has 1 aromatic rings. The molecule has 0 radical (unpaired) electrons. The summed E-state index contributed by atoms with van der Waals surface area (Å²) in [4.78, 5) is 11.6. The van der Waals surface area contributed by atoms with Gasteiger partial charge in [-0.1, -0.05) is 12.1 Å². The molecule has 2 N–H and O–H groups in total. The Bertz CT molecular complexity index is 503. The number of rotatable bonds is 2. The van der Waals surface area contributed by atoms with Crippen molar-refractivity contribution in [3.05, 3.63) is 29.8 Å². The molecule has 2 atom stereocenters. The van der Waals surface area contributed by atoms with Crippen LogP contribution in [0.3, 0.4) is 0 Å². The van der Waals surface area contributed by atoms with Crippen LogP contribution in [0.1, 0.15) is 17.9 Å². The van der Waals surface area contributed by atoms with E-state index < -0.39 is 30.1 Å². The summed E-state index contributed by atoms with van der Waals surface area (Å²) in [5.41, 5.74) is -2.80. The lowest BCUT2D eigenvalue weighted by molar-refractivity contribution is -0.266. The van der Waals surface area contributed by atoms with Crippen molar-refractivity contribution < 1.29 is 27.8 Å². The Kier molecular flexibility index (Phi) is 3.17. The van der Waals surface area contributed by atoms with E-state index in [2.05, 4.69) is 0 Å². The maximum Gasteiger partial charge on any atom is 0.436 e. The van der Waals surface area contributed by atoms with Crippen molar-refractivity contribution in [1.29, 1.82) is 0 Å². The van der Waals surface area contributed by atoms with Crippen molar-refractivity contribution in [2.24, 2.45) is 0 Å². The van der Waals surface area contributed by atoms with Crippen LogP contribution in [0.5, 0.6) is 5.75 Å². The Morgan fingerprint density at radius 1 is 1.47 bits per heavy atom. The third kappa shape index (κ3) is 2.37. The van der Waals surface area contributed by atoms with Gasteiger partial charge in [0.05, 0.1) is 13.0 Å². The molecule has 1 fully saturated rings. The molecule has 0 saturated carbocycles. The number of amides is 1. The van der Waals surface area contributed by atoms with Crippen LogP contribution in [0.15, 0.2) is 24.3 Å². The lowest BCUT2D eigenvalue weighted by Gasteiger charge is -2.25. The molecule has 0 aromatic heterocycles. The van der Waals surface area contributed by atoms with Crippen molar-refractivity contribution in [3.8, 4) is 5.75 Å². The fraction of sp³-hybridized carbons (Fsp3) is 0.417. The van der Waals surface area contributed by atoms with Gasteiger partial charge in [-0.2, -0.15) is 13.2 Å². The van der Waals surface area contributed by atoms with Crippen LogP contribution < -0.4 is 10.1 Å². The van der Waals surface area contributed by atoms with Gasteiger partial charge in [0, 0.05) is 6.42 Å². The number of alkyl halides is 3. The average Bonchev–Trinajstić information content (AvgIpc) is 2.66. The Balaban J connectivity index is 2.30. The fourth-order valence-electron chi connectivity index (χ4n) is 2.04. The molecule has 0 unspecified atom stereocenters. The standard InChI is InChI=1S/C12H12F3NO3/c1-19-8-4-2-3-7(5-8)9-6-11(18,12(13,14)15)16-10(9)17/h2-5,9,18H,6H2,1H3,(H,16,17)/t9-,11-/m1/s1. The highest BCUT2D eigenvalue weighted by molar-refractivity contribution is 5.87. The van der Waals surface area contributed by atoms with Crippen molar-refractivity contribution in [2.45, 2.75) is 24.2 Å². The number of benzene rings is 1. The molecule has 0 bridgehead atoms. The average molecular weight is 275 g/mol. The Morgan fingerprint density at radius 2 is 2.16 bits per heavy atom. The van der Waals surface area contributed by atoms with E-state index >= 15 is 0 Å². The number of hydrogen-bond acceptors (Lipinski definition) is 3. The highest BCUT2D eigenvalue weighted by atomic mass is 19.4. The van der Waals surface area contributed by atoms with Gasteiger partial charge in [0.15, 0.2) is 0 Å². The number of halogens is 3. The molecule has 7 heteroatoms. The molecule has 104 valence electrons. The van der Waals surface area contributed by atoms with Gasteiger partial charge in [-0.3, -0.25) is 4.79 Å². The van der Waals surface area contributed by atoms with Gasteiger partial charge in [-0.25, -0.2) is 0 Å². The van der Waals surface area contributed by atoms with Crippen LogP contribution in [0.4, 0.5) is 13.2 Å². The van der Waals surface area contributed by atoms with Crippen molar-refractivity contribution >= 4 is 5.91 Å². The quantitative estimate of drug-likeness (QED) is 0.861. The van der Waals surface area contributed by atoms with E-state index in [0.717, 1.165) is 0 Å². The Labute approximate surface area is 107 Å². The van der Waals surface area contributed by atoms with Crippen molar-refractivity contribution in [1.82, 2.24) is 5.32 Å². The lowest BCUT2D eigenvalue weighted by atomic mass is 9.94. The second-order valence-corrected chi connectivity index (χ2v) is 4.38. The minimum absolute atomic E-state index is 0.372. The number of hydrogen-bond donors (Lipinski definition) is 2. The van der Waals surface area contributed by atoms with E-state index in [4.69, 9.17) is 4.74 Å². The zero-order valence-electron chi connectivity index (χ0n) is 9.99. The second-order valence-electron chi connectivity index (χ2n) is 4.38. The Morgan fingerprint density at radius 3 is 2.68 bits per heavy atom. The van der Waals surface area contributed by atoms with E-state index in [9.17, 15) is 23.1 Å². The molecule has 1 aliphatic rings. The number of methoxy groups -OCH3 is 1. The highest BCUT2D eigenvalue weighted by Crippen LogP contribution is 2.41. The summed E-state index contributed by atoms with van der Waals surface area (Å²) >= 11 is 0. The zero-order chi connectivity index (χ0) is 14.3. The predicted molar refractivity (Wildman–Crippen MR) is 59.5 cm³/mol. The molecule has 1 saturated heterocycles. The molecule has 0 spiro atoms. The smallest absolute Gasteiger partial charge is 0.436 e. The number of carbonyl (C=O) groups excluding carboxylic acids is 1. The van der Waals surface area contributed by atoms with Gasteiger partial charge in [-0.05, 0) is 17.7 Å². The van der Waals surface area contributed by atoms with E-state index in [1.165, 1.54) is 19.2 Å². The number of carbonyl (C=O) groups is 1. The van der Waals surface area contributed by atoms with E-state index in [-0.39, 0.29) is 0 Å². The molecule has 1 aromatic carbocycles. The first-order valence-electron chi connectivity index (χ1n) is 5.52. The Hall–Kier alpha value is -1.76. The van der Waals surface area contributed by atoms with Gasteiger partial charge in [-0.15, -0.1) is 0 Å². The SMILES string of the molecule is COc1cccc([C@H]2C[C@@](O)(C(F)(F)F)NC2=O)c1. The summed E-state index contributed by atoms with van der Waals surface area (Å²) in [6.45, 7) is 0. The first-order chi connectivity index (χ1) is 8.77. The van der Waals surface area contributed by atoms with Crippen LogP contribution in [0.2, 0.25) is 0 Å². The molecule has 1 amide bonds. The third-order valence-electron chi connectivity index (χ3n) is 3.11. The zero-order valence-corrected chi connectivity index (χ0v) is 9.99. The minimum atomic E-state index is -4.91. The predicted octanol–water partition coefficient (Wildman–Crippen LogP) is 1.55. The van der Waals surface area contributed by atoms with Crippen LogP contribution in [-0.2, 0) is 4.79 Å². The summed E-state index contributed by atoms with van der Waals surface area (Å²) in [5, 5.41) is 11.1. The third-order valence-corrected chi connectivity index (χ3v) is 3.11. The molecule has 2 rings (SSSR count). The molecule has 4 nitrogen and oxygen atoms in total. The van der Waals surface area contributed by atoms with Crippen LogP contribution in [0.25, 0.3) is 0 Å². The first-order valence-corrected chi connectivity index (χ1v) is 5.52. The summed E-state index contributed by atoms with van der Waals surface area (Å²) < 4.78 is 42.9. The van der Waals surface area contributed by atoms with Crippen LogP contribution in [-0.4, -0.2) is 30.0 Å².